The predicted molar refractivity (Wildman–Crippen MR) is 44.1 cm³/mol. The zero-order chi connectivity index (χ0) is 8.23. The second-order valence-electron chi connectivity index (χ2n) is 2.27. The average molecular weight is 156 g/mol. The Morgan fingerprint density at radius 3 is 2.75 bits per heavy atom. The van der Waals surface area contributed by atoms with E-state index >= 15 is 0 Å². The minimum atomic E-state index is 0.866. The first-order chi connectivity index (χ1) is 5.97. The minimum Gasteiger partial charge on any atom is -0.256 e. The molecule has 57 valence electrons. The lowest BCUT2D eigenvalue weighted by molar-refractivity contribution is 1.02. The van der Waals surface area contributed by atoms with E-state index in [2.05, 4.69) is 21.4 Å². The summed E-state index contributed by atoms with van der Waals surface area (Å²) in [7, 11) is 0. The van der Waals surface area contributed by atoms with E-state index in [1.165, 1.54) is 0 Å². The van der Waals surface area contributed by atoms with Gasteiger partial charge < -0.3 is 0 Å². The summed E-state index contributed by atoms with van der Waals surface area (Å²) in [4.78, 5) is 4.15. The number of rotatable bonds is 1. The van der Waals surface area contributed by atoms with Gasteiger partial charge in [-0.2, -0.15) is 5.10 Å². The number of aromatic nitrogens is 3. The van der Waals surface area contributed by atoms with E-state index in [0.29, 0.717) is 0 Å². The van der Waals surface area contributed by atoms with Crippen molar-refractivity contribution in [1.82, 2.24) is 15.2 Å². The maximum atomic E-state index is 4.15. The molecule has 1 radical (unpaired) electrons. The highest BCUT2D eigenvalue weighted by atomic mass is 15.1. The van der Waals surface area contributed by atoms with Crippen LogP contribution in [0.3, 0.4) is 0 Å². The molecule has 0 spiro atoms. The normalized spacial score (nSPS) is 9.67. The van der Waals surface area contributed by atoms with Crippen molar-refractivity contribution in [3.05, 3.63) is 42.9 Å². The fourth-order valence-electron chi connectivity index (χ4n) is 0.926. The molecule has 0 aliphatic heterocycles. The van der Waals surface area contributed by atoms with Gasteiger partial charge in [-0.15, -0.1) is 5.10 Å². The van der Waals surface area contributed by atoms with Crippen molar-refractivity contribution in [2.75, 3.05) is 0 Å². The number of hydrogen-bond acceptors (Lipinski definition) is 3. The fraction of sp³-hybridized carbons (Fsp3) is 0. The fourth-order valence-corrected chi connectivity index (χ4v) is 0.926. The lowest BCUT2D eigenvalue weighted by Gasteiger charge is -1.95. The summed E-state index contributed by atoms with van der Waals surface area (Å²) in [6.07, 6.45) is 6.13. The number of hydrogen-bond donors (Lipinski definition) is 0. The first-order valence-electron chi connectivity index (χ1n) is 3.57. The number of nitrogens with zero attached hydrogens (tertiary/aromatic N) is 3. The van der Waals surface area contributed by atoms with Gasteiger partial charge in [-0.05, 0) is 18.2 Å². The van der Waals surface area contributed by atoms with Crippen LogP contribution in [0.5, 0.6) is 0 Å². The molecule has 2 heterocycles. The van der Waals surface area contributed by atoms with Gasteiger partial charge in [-0.1, -0.05) is 6.07 Å². The standard InChI is InChI=1S/C9H6N3/c1-2-5-10-9(3-1)8-4-6-11-12-7-8/h1-6H. The molecule has 3 nitrogen and oxygen atoms in total. The van der Waals surface area contributed by atoms with Crippen molar-refractivity contribution in [2.24, 2.45) is 0 Å². The number of pyridine rings is 1. The van der Waals surface area contributed by atoms with Gasteiger partial charge >= 0.3 is 0 Å². The molecule has 0 unspecified atom stereocenters. The first kappa shape index (κ1) is 6.91. The monoisotopic (exact) mass is 156 g/mol. The van der Waals surface area contributed by atoms with Gasteiger partial charge in [-0.3, -0.25) is 4.98 Å². The van der Waals surface area contributed by atoms with Gasteiger partial charge in [0.05, 0.1) is 11.9 Å². The third-order valence-corrected chi connectivity index (χ3v) is 1.48. The summed E-state index contributed by atoms with van der Waals surface area (Å²) in [5, 5.41) is 7.28. The Kier molecular flexibility index (Phi) is 1.78. The van der Waals surface area contributed by atoms with Crippen LogP contribution in [0, 0.1) is 6.20 Å². The molecular weight excluding hydrogens is 150 g/mol. The molecule has 3 heteroatoms. The van der Waals surface area contributed by atoms with Crippen LogP contribution < -0.4 is 0 Å². The Labute approximate surface area is 70.1 Å². The highest BCUT2D eigenvalue weighted by Gasteiger charge is 1.96. The SMILES string of the molecule is [c]1nnccc1-c1ccccn1. The average Bonchev–Trinajstić information content (AvgIpc) is 2.21. The van der Waals surface area contributed by atoms with Gasteiger partial charge in [0, 0.05) is 11.8 Å². The van der Waals surface area contributed by atoms with Crippen molar-refractivity contribution in [2.45, 2.75) is 0 Å². The lowest BCUT2D eigenvalue weighted by atomic mass is 10.2. The molecule has 0 N–H and O–H groups in total. The van der Waals surface area contributed by atoms with E-state index in [-0.39, 0.29) is 0 Å². The Bertz CT molecular complexity index is 307. The Hall–Kier alpha value is -1.77. The Morgan fingerprint density at radius 2 is 2.08 bits per heavy atom. The molecule has 0 fully saturated rings. The topological polar surface area (TPSA) is 38.7 Å². The smallest absolute Gasteiger partial charge is 0.123 e. The van der Waals surface area contributed by atoms with E-state index in [4.69, 9.17) is 0 Å². The van der Waals surface area contributed by atoms with Crippen LogP contribution in [0.4, 0.5) is 0 Å². The molecule has 0 amide bonds. The van der Waals surface area contributed by atoms with Crippen LogP contribution >= 0.6 is 0 Å². The highest BCUT2D eigenvalue weighted by molar-refractivity contribution is 5.55. The molecule has 2 aromatic heterocycles. The minimum absolute atomic E-state index is 0.866. The zero-order valence-electron chi connectivity index (χ0n) is 6.31. The van der Waals surface area contributed by atoms with E-state index < -0.39 is 0 Å². The van der Waals surface area contributed by atoms with Crippen molar-refractivity contribution >= 4 is 0 Å². The van der Waals surface area contributed by atoms with E-state index in [1.54, 1.807) is 12.4 Å². The first-order valence-corrected chi connectivity index (χ1v) is 3.57. The highest BCUT2D eigenvalue weighted by Crippen LogP contribution is 2.11. The molecule has 0 aromatic carbocycles. The van der Waals surface area contributed by atoms with Crippen LogP contribution in [0.1, 0.15) is 0 Å². The maximum absolute atomic E-state index is 4.15. The molecule has 0 aliphatic carbocycles. The van der Waals surface area contributed by atoms with Crippen molar-refractivity contribution < 1.29 is 0 Å². The Balaban J connectivity index is 2.46. The predicted octanol–water partition coefficient (Wildman–Crippen LogP) is 1.34. The lowest BCUT2D eigenvalue weighted by Crippen LogP contribution is -1.84. The van der Waals surface area contributed by atoms with Gasteiger partial charge in [0.1, 0.15) is 6.20 Å². The van der Waals surface area contributed by atoms with Crippen LogP contribution in [0.2, 0.25) is 0 Å². The largest absolute Gasteiger partial charge is 0.256 e. The quantitative estimate of drug-likeness (QED) is 0.625. The van der Waals surface area contributed by atoms with Gasteiger partial charge in [0.25, 0.3) is 0 Å². The molecule has 2 aromatic rings. The van der Waals surface area contributed by atoms with E-state index in [0.717, 1.165) is 11.3 Å². The van der Waals surface area contributed by atoms with Crippen LogP contribution in [-0.4, -0.2) is 15.2 Å². The van der Waals surface area contributed by atoms with Crippen LogP contribution in [0.25, 0.3) is 11.3 Å². The second kappa shape index (κ2) is 3.09. The summed E-state index contributed by atoms with van der Waals surface area (Å²) in [6, 6.07) is 7.54. The summed E-state index contributed by atoms with van der Waals surface area (Å²) < 4.78 is 0. The van der Waals surface area contributed by atoms with Crippen molar-refractivity contribution in [3.63, 3.8) is 0 Å². The Morgan fingerprint density at radius 1 is 1.08 bits per heavy atom. The molecule has 0 aliphatic rings. The molecule has 0 bridgehead atoms. The van der Waals surface area contributed by atoms with E-state index in [9.17, 15) is 0 Å². The molecular formula is C9H6N3. The van der Waals surface area contributed by atoms with Crippen molar-refractivity contribution in [3.8, 4) is 11.3 Å². The van der Waals surface area contributed by atoms with Crippen molar-refractivity contribution in [1.29, 1.82) is 0 Å². The van der Waals surface area contributed by atoms with Crippen LogP contribution in [-0.2, 0) is 0 Å². The third-order valence-electron chi connectivity index (χ3n) is 1.48. The summed E-state index contributed by atoms with van der Waals surface area (Å²) in [5.74, 6) is 0. The zero-order valence-corrected chi connectivity index (χ0v) is 6.31. The molecule has 0 atom stereocenters. The van der Waals surface area contributed by atoms with Gasteiger partial charge in [0.2, 0.25) is 0 Å². The summed E-state index contributed by atoms with van der Waals surface area (Å²) >= 11 is 0. The summed E-state index contributed by atoms with van der Waals surface area (Å²) in [5.41, 5.74) is 1.73. The van der Waals surface area contributed by atoms with Gasteiger partial charge in [-0.25, -0.2) is 0 Å². The van der Waals surface area contributed by atoms with E-state index in [1.807, 2.05) is 24.3 Å². The second-order valence-corrected chi connectivity index (χ2v) is 2.27. The molecule has 2 rings (SSSR count). The third kappa shape index (κ3) is 1.29. The molecule has 0 saturated carbocycles. The maximum Gasteiger partial charge on any atom is 0.123 e. The van der Waals surface area contributed by atoms with Crippen LogP contribution in [0.15, 0.2) is 36.7 Å². The molecule has 12 heavy (non-hydrogen) atoms. The van der Waals surface area contributed by atoms with Gasteiger partial charge in [0.15, 0.2) is 0 Å². The summed E-state index contributed by atoms with van der Waals surface area (Å²) in [6.45, 7) is 0. The molecule has 0 saturated heterocycles.